The standard InChI is InChI=1S/C19H19F3N2O2/c20-19(21,22)16-4-5-17(24-11-16)14-2-1-3-15(10-14)18(25)23-8-6-13-7-9-26-12-13/h1-5,10-11,13H,6-9,12H2,(H,23,25)/t13-/m0/s1. The Bertz CT molecular complexity index is 754. The summed E-state index contributed by atoms with van der Waals surface area (Å²) in [5, 5.41) is 2.87. The maximum Gasteiger partial charge on any atom is 0.417 e. The summed E-state index contributed by atoms with van der Waals surface area (Å²) in [6.07, 6.45) is -1.74. The fraction of sp³-hybridized carbons (Fsp3) is 0.368. The fourth-order valence-electron chi connectivity index (χ4n) is 2.85. The molecule has 1 amide bonds. The van der Waals surface area contributed by atoms with Crippen LogP contribution in [0.3, 0.4) is 0 Å². The Morgan fingerprint density at radius 1 is 1.27 bits per heavy atom. The van der Waals surface area contributed by atoms with Crippen molar-refractivity contribution < 1.29 is 22.7 Å². The third kappa shape index (κ3) is 4.60. The molecule has 0 spiro atoms. The molecule has 1 fully saturated rings. The number of hydrogen-bond acceptors (Lipinski definition) is 3. The number of rotatable bonds is 5. The normalized spacial score (nSPS) is 17.3. The number of amides is 1. The Balaban J connectivity index is 1.64. The topological polar surface area (TPSA) is 51.2 Å². The lowest BCUT2D eigenvalue weighted by Crippen LogP contribution is -2.26. The molecule has 1 aromatic heterocycles. The van der Waals surface area contributed by atoms with Crippen LogP contribution in [0.2, 0.25) is 0 Å². The van der Waals surface area contributed by atoms with Crippen molar-refractivity contribution in [3.8, 4) is 11.3 Å². The Morgan fingerprint density at radius 3 is 2.77 bits per heavy atom. The highest BCUT2D eigenvalue weighted by Crippen LogP contribution is 2.29. The largest absolute Gasteiger partial charge is 0.417 e. The van der Waals surface area contributed by atoms with Crippen LogP contribution in [0.25, 0.3) is 11.3 Å². The van der Waals surface area contributed by atoms with Gasteiger partial charge in [-0.2, -0.15) is 13.2 Å². The Morgan fingerprint density at radius 2 is 2.12 bits per heavy atom. The summed E-state index contributed by atoms with van der Waals surface area (Å²) >= 11 is 0. The van der Waals surface area contributed by atoms with Crippen LogP contribution < -0.4 is 5.32 Å². The minimum atomic E-state index is -4.42. The number of hydrogen-bond donors (Lipinski definition) is 1. The third-order valence-electron chi connectivity index (χ3n) is 4.37. The van der Waals surface area contributed by atoms with Gasteiger partial charge in [-0.25, -0.2) is 0 Å². The van der Waals surface area contributed by atoms with Gasteiger partial charge in [-0.3, -0.25) is 9.78 Å². The maximum atomic E-state index is 12.6. The van der Waals surface area contributed by atoms with Gasteiger partial charge < -0.3 is 10.1 Å². The lowest BCUT2D eigenvalue weighted by atomic mass is 10.0. The Labute approximate surface area is 149 Å². The highest BCUT2D eigenvalue weighted by atomic mass is 19.4. The van der Waals surface area contributed by atoms with Gasteiger partial charge in [0.15, 0.2) is 0 Å². The number of ether oxygens (including phenoxy) is 1. The minimum absolute atomic E-state index is 0.210. The van der Waals surface area contributed by atoms with Crippen LogP contribution in [0.1, 0.15) is 28.8 Å². The number of nitrogens with one attached hydrogen (secondary N) is 1. The average Bonchev–Trinajstić information content (AvgIpc) is 3.14. The molecule has 0 unspecified atom stereocenters. The first-order valence-corrected chi connectivity index (χ1v) is 8.43. The van der Waals surface area contributed by atoms with Crippen molar-refractivity contribution in [3.05, 3.63) is 53.7 Å². The average molecular weight is 364 g/mol. The van der Waals surface area contributed by atoms with Crippen molar-refractivity contribution in [3.63, 3.8) is 0 Å². The first kappa shape index (κ1) is 18.4. The van der Waals surface area contributed by atoms with E-state index >= 15 is 0 Å². The van der Waals surface area contributed by atoms with Crippen LogP contribution in [0, 0.1) is 5.92 Å². The number of halogens is 3. The highest BCUT2D eigenvalue weighted by Gasteiger charge is 2.30. The Kier molecular flexibility index (Phi) is 5.56. The summed E-state index contributed by atoms with van der Waals surface area (Å²) in [6.45, 7) is 2.08. The van der Waals surface area contributed by atoms with Crippen LogP contribution >= 0.6 is 0 Å². The lowest BCUT2D eigenvalue weighted by Gasteiger charge is -2.10. The molecule has 0 radical (unpaired) electrons. The minimum Gasteiger partial charge on any atom is -0.381 e. The summed E-state index contributed by atoms with van der Waals surface area (Å²) < 4.78 is 43.2. The van der Waals surface area contributed by atoms with Gasteiger partial charge in [0.2, 0.25) is 0 Å². The van der Waals surface area contributed by atoms with Gasteiger partial charge in [0.05, 0.1) is 11.3 Å². The van der Waals surface area contributed by atoms with Crippen LogP contribution in [-0.2, 0) is 10.9 Å². The predicted octanol–water partition coefficient (Wildman–Crippen LogP) is 3.92. The molecule has 2 aromatic rings. The van der Waals surface area contributed by atoms with Gasteiger partial charge in [0, 0.05) is 37.1 Å². The second kappa shape index (κ2) is 7.86. The zero-order chi connectivity index (χ0) is 18.6. The van der Waals surface area contributed by atoms with Crippen molar-refractivity contribution in [1.82, 2.24) is 10.3 Å². The van der Waals surface area contributed by atoms with Gasteiger partial charge >= 0.3 is 6.18 Å². The van der Waals surface area contributed by atoms with E-state index in [1.165, 1.54) is 6.07 Å². The number of aromatic nitrogens is 1. The van der Waals surface area contributed by atoms with E-state index in [0.29, 0.717) is 29.3 Å². The van der Waals surface area contributed by atoms with Crippen LogP contribution in [0.4, 0.5) is 13.2 Å². The number of benzene rings is 1. The summed E-state index contributed by atoms with van der Waals surface area (Å²) in [6, 6.07) is 8.99. The quantitative estimate of drug-likeness (QED) is 0.875. The van der Waals surface area contributed by atoms with Crippen LogP contribution in [0.15, 0.2) is 42.6 Å². The van der Waals surface area contributed by atoms with Gasteiger partial charge in [-0.1, -0.05) is 12.1 Å². The van der Waals surface area contributed by atoms with Crippen molar-refractivity contribution in [2.45, 2.75) is 19.0 Å². The fourth-order valence-corrected chi connectivity index (χ4v) is 2.85. The predicted molar refractivity (Wildman–Crippen MR) is 90.6 cm³/mol. The molecule has 0 bridgehead atoms. The van der Waals surface area contributed by atoms with Crippen LogP contribution in [0.5, 0.6) is 0 Å². The van der Waals surface area contributed by atoms with E-state index in [-0.39, 0.29) is 5.91 Å². The first-order valence-electron chi connectivity index (χ1n) is 8.43. The molecule has 1 aromatic carbocycles. The Hall–Kier alpha value is -2.41. The number of pyridine rings is 1. The SMILES string of the molecule is O=C(NCC[C@H]1CCOC1)c1cccc(-c2ccc(C(F)(F)F)cn2)c1. The van der Waals surface area contributed by atoms with E-state index in [4.69, 9.17) is 4.74 Å². The molecule has 1 atom stereocenters. The van der Waals surface area contributed by atoms with E-state index in [0.717, 1.165) is 38.3 Å². The molecule has 138 valence electrons. The van der Waals surface area contributed by atoms with Crippen molar-refractivity contribution in [2.24, 2.45) is 5.92 Å². The number of carbonyl (C=O) groups is 1. The van der Waals surface area contributed by atoms with Crippen molar-refractivity contribution in [2.75, 3.05) is 19.8 Å². The highest BCUT2D eigenvalue weighted by molar-refractivity contribution is 5.95. The molecule has 1 aliphatic heterocycles. The number of nitrogens with zero attached hydrogens (tertiary/aromatic N) is 1. The summed E-state index contributed by atoms with van der Waals surface area (Å²) in [4.78, 5) is 16.1. The molecule has 7 heteroatoms. The van der Waals surface area contributed by atoms with E-state index < -0.39 is 11.7 Å². The molecular weight excluding hydrogens is 345 g/mol. The molecule has 0 aliphatic carbocycles. The van der Waals surface area contributed by atoms with Crippen LogP contribution in [-0.4, -0.2) is 30.6 Å². The second-order valence-corrected chi connectivity index (χ2v) is 6.28. The molecule has 26 heavy (non-hydrogen) atoms. The smallest absolute Gasteiger partial charge is 0.381 e. The van der Waals surface area contributed by atoms with Crippen molar-refractivity contribution >= 4 is 5.91 Å². The zero-order valence-corrected chi connectivity index (χ0v) is 14.1. The lowest BCUT2D eigenvalue weighted by molar-refractivity contribution is -0.137. The number of alkyl halides is 3. The molecule has 1 saturated heterocycles. The molecule has 1 N–H and O–H groups in total. The first-order chi connectivity index (χ1) is 12.4. The van der Waals surface area contributed by atoms with E-state index in [2.05, 4.69) is 10.3 Å². The van der Waals surface area contributed by atoms with E-state index in [1.54, 1.807) is 24.3 Å². The summed E-state index contributed by atoms with van der Waals surface area (Å²) in [5.41, 5.74) is 0.629. The van der Waals surface area contributed by atoms with Crippen molar-refractivity contribution in [1.29, 1.82) is 0 Å². The molecule has 1 aliphatic rings. The van der Waals surface area contributed by atoms with Gasteiger partial charge in [0.25, 0.3) is 5.91 Å². The molecular formula is C19H19F3N2O2. The molecule has 2 heterocycles. The third-order valence-corrected chi connectivity index (χ3v) is 4.37. The maximum absolute atomic E-state index is 12.6. The number of carbonyl (C=O) groups excluding carboxylic acids is 1. The van der Waals surface area contributed by atoms with Gasteiger partial charge in [-0.15, -0.1) is 0 Å². The summed E-state index contributed by atoms with van der Waals surface area (Å²) in [5.74, 6) is 0.274. The van der Waals surface area contributed by atoms with E-state index in [1.807, 2.05) is 0 Å². The molecule has 4 nitrogen and oxygen atoms in total. The van der Waals surface area contributed by atoms with Gasteiger partial charge in [0.1, 0.15) is 0 Å². The monoisotopic (exact) mass is 364 g/mol. The van der Waals surface area contributed by atoms with E-state index in [9.17, 15) is 18.0 Å². The summed E-state index contributed by atoms with van der Waals surface area (Å²) in [7, 11) is 0. The zero-order valence-electron chi connectivity index (χ0n) is 14.1. The van der Waals surface area contributed by atoms with Gasteiger partial charge in [-0.05, 0) is 43.0 Å². The second-order valence-electron chi connectivity index (χ2n) is 6.28. The molecule has 3 rings (SSSR count). The molecule has 0 saturated carbocycles.